The summed E-state index contributed by atoms with van der Waals surface area (Å²) in [6.45, 7) is -0.123. The van der Waals surface area contributed by atoms with Crippen LogP contribution >= 0.6 is 15.9 Å². The molecule has 2 heterocycles. The molecular formula is C21H15BrN4O3. The van der Waals surface area contributed by atoms with E-state index in [9.17, 15) is 4.79 Å². The lowest BCUT2D eigenvalue weighted by Crippen LogP contribution is -2.20. The van der Waals surface area contributed by atoms with E-state index in [0.717, 1.165) is 10.0 Å². The third-order valence-electron chi connectivity index (χ3n) is 3.98. The second-order valence-electron chi connectivity index (χ2n) is 6.00. The number of hydrogen-bond donors (Lipinski definition) is 1. The van der Waals surface area contributed by atoms with Gasteiger partial charge in [-0.1, -0.05) is 33.2 Å². The fourth-order valence-corrected chi connectivity index (χ4v) is 2.86. The maximum absolute atomic E-state index is 12.3. The van der Waals surface area contributed by atoms with Gasteiger partial charge in [0, 0.05) is 22.4 Å². The molecule has 0 fully saturated rings. The Kier molecular flexibility index (Phi) is 5.62. The number of nitrogens with zero attached hydrogens (tertiary/aromatic N) is 3. The molecule has 0 saturated heterocycles. The van der Waals surface area contributed by atoms with Gasteiger partial charge < -0.3 is 14.6 Å². The second kappa shape index (κ2) is 8.66. The van der Waals surface area contributed by atoms with Crippen LogP contribution in [-0.4, -0.2) is 27.6 Å². The van der Waals surface area contributed by atoms with Crippen LogP contribution in [0.3, 0.4) is 0 Å². The predicted octanol–water partition coefficient (Wildman–Crippen LogP) is 4.58. The fraction of sp³-hybridized carbons (Fsp3) is 0.0476. The lowest BCUT2D eigenvalue weighted by Gasteiger charge is -2.09. The van der Waals surface area contributed by atoms with Crippen molar-refractivity contribution in [1.82, 2.24) is 15.1 Å². The van der Waals surface area contributed by atoms with Gasteiger partial charge in [-0.15, -0.1) is 0 Å². The van der Waals surface area contributed by atoms with Crippen LogP contribution < -0.4 is 10.1 Å². The molecule has 8 heteroatoms. The Balaban J connectivity index is 1.48. The summed E-state index contributed by atoms with van der Waals surface area (Å²) in [5.74, 6) is 1.06. The Bertz CT molecular complexity index is 1110. The van der Waals surface area contributed by atoms with Crippen molar-refractivity contribution in [3.8, 4) is 28.6 Å². The number of nitrogens with one attached hydrogen (secondary N) is 1. The number of ether oxygens (including phenoxy) is 1. The molecule has 0 radical (unpaired) electrons. The van der Waals surface area contributed by atoms with E-state index in [1.54, 1.807) is 48.8 Å². The van der Waals surface area contributed by atoms with E-state index in [0.29, 0.717) is 28.7 Å². The summed E-state index contributed by atoms with van der Waals surface area (Å²) in [5, 5.41) is 6.84. The highest BCUT2D eigenvalue weighted by Gasteiger charge is 2.15. The number of hydrogen-bond acceptors (Lipinski definition) is 6. The molecule has 4 rings (SSSR count). The molecular weight excluding hydrogens is 436 g/mol. The van der Waals surface area contributed by atoms with Crippen LogP contribution in [0.15, 0.2) is 82.1 Å². The second-order valence-corrected chi connectivity index (χ2v) is 6.91. The molecule has 7 nitrogen and oxygen atoms in total. The lowest BCUT2D eigenvalue weighted by molar-refractivity contribution is -0.118. The van der Waals surface area contributed by atoms with Crippen LogP contribution in [-0.2, 0) is 4.79 Å². The third-order valence-corrected chi connectivity index (χ3v) is 4.51. The predicted molar refractivity (Wildman–Crippen MR) is 111 cm³/mol. The highest BCUT2D eigenvalue weighted by Crippen LogP contribution is 2.28. The third kappa shape index (κ3) is 4.67. The Morgan fingerprint density at radius 3 is 2.59 bits per heavy atom. The number of carbonyl (C=O) groups excluding carboxylic acids is 1. The molecule has 2 aromatic carbocycles. The molecule has 2 aromatic heterocycles. The molecule has 4 aromatic rings. The van der Waals surface area contributed by atoms with Crippen molar-refractivity contribution >= 4 is 27.5 Å². The van der Waals surface area contributed by atoms with Gasteiger partial charge >= 0.3 is 0 Å². The Labute approximate surface area is 174 Å². The van der Waals surface area contributed by atoms with Gasteiger partial charge in [0.15, 0.2) is 6.61 Å². The van der Waals surface area contributed by atoms with Crippen LogP contribution in [0.4, 0.5) is 5.69 Å². The summed E-state index contributed by atoms with van der Waals surface area (Å²) < 4.78 is 11.9. The number of para-hydroxylation sites is 1. The van der Waals surface area contributed by atoms with Crippen LogP contribution in [0.2, 0.25) is 0 Å². The average molecular weight is 451 g/mol. The Morgan fingerprint density at radius 1 is 1.03 bits per heavy atom. The molecule has 0 atom stereocenters. The SMILES string of the molecule is O=C(COc1ccc(Br)cc1)Nc1ccccc1-c1nc(-c2ccncc2)no1. The summed E-state index contributed by atoms with van der Waals surface area (Å²) in [4.78, 5) is 20.8. The van der Waals surface area contributed by atoms with Gasteiger partial charge in [0.2, 0.25) is 5.82 Å². The van der Waals surface area contributed by atoms with Crippen LogP contribution in [0.5, 0.6) is 5.75 Å². The maximum atomic E-state index is 12.3. The number of aromatic nitrogens is 3. The van der Waals surface area contributed by atoms with Gasteiger partial charge in [-0.2, -0.15) is 4.98 Å². The first-order chi connectivity index (χ1) is 14.2. The number of pyridine rings is 1. The minimum Gasteiger partial charge on any atom is -0.484 e. The van der Waals surface area contributed by atoms with Gasteiger partial charge in [0.25, 0.3) is 11.8 Å². The van der Waals surface area contributed by atoms with E-state index < -0.39 is 0 Å². The van der Waals surface area contributed by atoms with Crippen molar-refractivity contribution in [3.63, 3.8) is 0 Å². The molecule has 0 bridgehead atoms. The Hall–Kier alpha value is -3.52. The topological polar surface area (TPSA) is 90.1 Å². The molecule has 1 N–H and O–H groups in total. The maximum Gasteiger partial charge on any atom is 0.262 e. The smallest absolute Gasteiger partial charge is 0.262 e. The van der Waals surface area contributed by atoms with Gasteiger partial charge in [0.05, 0.1) is 11.3 Å². The van der Waals surface area contributed by atoms with Crippen molar-refractivity contribution in [2.75, 3.05) is 11.9 Å². The number of anilines is 1. The summed E-state index contributed by atoms with van der Waals surface area (Å²) in [5.41, 5.74) is 1.97. The first-order valence-electron chi connectivity index (χ1n) is 8.71. The minimum atomic E-state index is -0.297. The molecule has 0 spiro atoms. The molecule has 144 valence electrons. The number of halogens is 1. The van der Waals surface area contributed by atoms with Gasteiger partial charge in [0.1, 0.15) is 5.75 Å². The Morgan fingerprint density at radius 2 is 1.79 bits per heavy atom. The normalized spacial score (nSPS) is 10.5. The fourth-order valence-electron chi connectivity index (χ4n) is 2.60. The van der Waals surface area contributed by atoms with Gasteiger partial charge in [-0.05, 0) is 48.5 Å². The van der Waals surface area contributed by atoms with E-state index in [-0.39, 0.29) is 12.5 Å². The highest BCUT2D eigenvalue weighted by atomic mass is 79.9. The zero-order valence-electron chi connectivity index (χ0n) is 15.1. The lowest BCUT2D eigenvalue weighted by atomic mass is 10.1. The zero-order chi connectivity index (χ0) is 20.1. The molecule has 0 aliphatic carbocycles. The summed E-state index contributed by atoms with van der Waals surface area (Å²) in [6.07, 6.45) is 3.32. The van der Waals surface area contributed by atoms with Crippen LogP contribution in [0.1, 0.15) is 0 Å². The number of amides is 1. The minimum absolute atomic E-state index is 0.123. The van der Waals surface area contributed by atoms with E-state index in [1.165, 1.54) is 0 Å². The van der Waals surface area contributed by atoms with Crippen molar-refractivity contribution in [3.05, 3.63) is 77.5 Å². The van der Waals surface area contributed by atoms with Crippen LogP contribution in [0.25, 0.3) is 22.8 Å². The first-order valence-corrected chi connectivity index (χ1v) is 9.50. The van der Waals surface area contributed by atoms with E-state index >= 15 is 0 Å². The van der Waals surface area contributed by atoms with Crippen LogP contribution in [0, 0.1) is 0 Å². The standard InChI is InChI=1S/C21H15BrN4O3/c22-15-5-7-16(8-6-15)28-13-19(27)24-18-4-2-1-3-17(18)21-25-20(26-29-21)14-9-11-23-12-10-14/h1-12H,13H2,(H,24,27). The van der Waals surface area contributed by atoms with Crippen molar-refractivity contribution < 1.29 is 14.1 Å². The average Bonchev–Trinajstić information content (AvgIpc) is 3.24. The van der Waals surface area contributed by atoms with E-state index in [4.69, 9.17) is 9.26 Å². The zero-order valence-corrected chi connectivity index (χ0v) is 16.7. The van der Waals surface area contributed by atoms with Crippen molar-refractivity contribution in [2.24, 2.45) is 0 Å². The first kappa shape index (κ1) is 18.8. The number of carbonyl (C=O) groups is 1. The molecule has 29 heavy (non-hydrogen) atoms. The molecule has 1 amide bonds. The number of benzene rings is 2. The summed E-state index contributed by atoms with van der Waals surface area (Å²) in [6, 6.07) is 18.1. The van der Waals surface area contributed by atoms with Gasteiger partial charge in [-0.3, -0.25) is 9.78 Å². The summed E-state index contributed by atoms with van der Waals surface area (Å²) in [7, 11) is 0. The van der Waals surface area contributed by atoms with E-state index in [1.807, 2.05) is 24.3 Å². The van der Waals surface area contributed by atoms with E-state index in [2.05, 4.69) is 36.4 Å². The van der Waals surface area contributed by atoms with Crippen molar-refractivity contribution in [2.45, 2.75) is 0 Å². The monoisotopic (exact) mass is 450 g/mol. The highest BCUT2D eigenvalue weighted by molar-refractivity contribution is 9.10. The largest absolute Gasteiger partial charge is 0.484 e. The molecule has 0 aliphatic heterocycles. The summed E-state index contributed by atoms with van der Waals surface area (Å²) >= 11 is 3.36. The molecule has 0 aliphatic rings. The quantitative estimate of drug-likeness (QED) is 0.462. The van der Waals surface area contributed by atoms with Gasteiger partial charge in [-0.25, -0.2) is 0 Å². The number of rotatable bonds is 6. The molecule has 0 saturated carbocycles. The molecule has 0 unspecified atom stereocenters. The van der Waals surface area contributed by atoms with Crippen molar-refractivity contribution in [1.29, 1.82) is 0 Å².